The molecule has 9 N–H and O–H groups in total. The second-order valence-corrected chi connectivity index (χ2v) is 6.27. The van der Waals surface area contributed by atoms with Crippen molar-refractivity contribution < 1.29 is 28.8 Å². The molecule has 1 aromatic rings. The highest BCUT2D eigenvalue weighted by Gasteiger charge is 2.27. The van der Waals surface area contributed by atoms with Crippen molar-refractivity contribution in [3.05, 3.63) is 11.7 Å². The van der Waals surface area contributed by atoms with E-state index in [1.54, 1.807) is 0 Å². The third kappa shape index (κ3) is 7.28. The van der Waals surface area contributed by atoms with E-state index in [1.165, 1.54) is 13.8 Å². The maximum absolute atomic E-state index is 12.2. The first-order valence-electron chi connectivity index (χ1n) is 8.42. The molecule has 156 valence electrons. The van der Waals surface area contributed by atoms with E-state index >= 15 is 0 Å². The molecule has 0 bridgehead atoms. The number of aromatic nitrogens is 2. The number of carbonyl (C=O) groups is 4. The number of ketones is 1. The van der Waals surface area contributed by atoms with Gasteiger partial charge in [-0.25, -0.2) is 4.79 Å². The molecule has 13 heteroatoms. The highest BCUT2D eigenvalue weighted by molar-refractivity contribution is 5.87. The molecule has 0 radical (unpaired) electrons. The second kappa shape index (κ2) is 10.3. The van der Waals surface area contributed by atoms with Crippen LogP contribution in [0.15, 0.2) is 4.52 Å². The zero-order chi connectivity index (χ0) is 21.4. The number of nitrogens with one attached hydrogen (secondary N) is 2. The summed E-state index contributed by atoms with van der Waals surface area (Å²) in [6.07, 6.45) is -1.42. The minimum Gasteiger partial charge on any atom is -0.391 e. The van der Waals surface area contributed by atoms with Crippen LogP contribution in [-0.4, -0.2) is 51.0 Å². The molecule has 4 atom stereocenters. The number of hydrogen-bond donors (Lipinski definition) is 6. The molecule has 1 aromatic heterocycles. The number of primary amides is 2. The molecule has 0 aromatic carbocycles. The highest BCUT2D eigenvalue weighted by Crippen LogP contribution is 2.19. The Labute approximate surface area is 160 Å². The van der Waals surface area contributed by atoms with E-state index in [-0.39, 0.29) is 31.0 Å². The van der Waals surface area contributed by atoms with Crippen molar-refractivity contribution in [2.24, 2.45) is 17.2 Å². The summed E-state index contributed by atoms with van der Waals surface area (Å²) in [4.78, 5) is 49.8. The summed E-state index contributed by atoms with van der Waals surface area (Å²) in [5, 5.41) is 18.0. The van der Waals surface area contributed by atoms with Crippen molar-refractivity contribution in [1.29, 1.82) is 0 Å². The quantitative estimate of drug-likeness (QED) is 0.239. The van der Waals surface area contributed by atoms with Crippen LogP contribution >= 0.6 is 0 Å². The van der Waals surface area contributed by atoms with Crippen LogP contribution in [0.3, 0.4) is 0 Å². The lowest BCUT2D eigenvalue weighted by Crippen LogP contribution is -2.51. The maximum Gasteiger partial charge on any atom is 0.316 e. The summed E-state index contributed by atoms with van der Waals surface area (Å²) in [7, 11) is 0. The SMILES string of the molecule is CC(=O)[C@@H](NC(=O)N[C@@H](CCC(N)=O)c1nc([C@@H](N)CC(N)=O)no1)C(C)O. The van der Waals surface area contributed by atoms with E-state index in [1.807, 2.05) is 0 Å². The number of rotatable bonds is 11. The molecule has 1 heterocycles. The van der Waals surface area contributed by atoms with Gasteiger partial charge in [0, 0.05) is 12.8 Å². The van der Waals surface area contributed by atoms with Gasteiger partial charge in [0.2, 0.25) is 17.7 Å². The Morgan fingerprint density at radius 2 is 1.82 bits per heavy atom. The molecular weight excluding hydrogens is 374 g/mol. The largest absolute Gasteiger partial charge is 0.391 e. The van der Waals surface area contributed by atoms with Crippen molar-refractivity contribution in [3.8, 4) is 0 Å². The normalized spacial score (nSPS) is 15.1. The van der Waals surface area contributed by atoms with E-state index in [4.69, 9.17) is 21.7 Å². The van der Waals surface area contributed by atoms with E-state index < -0.39 is 47.9 Å². The number of nitrogens with zero attached hydrogens (tertiary/aromatic N) is 2. The fourth-order valence-corrected chi connectivity index (χ4v) is 2.29. The van der Waals surface area contributed by atoms with E-state index in [0.717, 1.165) is 0 Å². The van der Waals surface area contributed by atoms with E-state index in [2.05, 4.69) is 20.8 Å². The summed E-state index contributed by atoms with van der Waals surface area (Å²) in [5.41, 5.74) is 15.9. The summed E-state index contributed by atoms with van der Waals surface area (Å²) in [5.74, 6) is -1.82. The van der Waals surface area contributed by atoms with Crippen LogP contribution in [0.2, 0.25) is 0 Å². The number of aliphatic hydroxyl groups is 1. The molecule has 0 aliphatic carbocycles. The number of urea groups is 1. The van der Waals surface area contributed by atoms with Crippen LogP contribution in [0.25, 0.3) is 0 Å². The van der Waals surface area contributed by atoms with E-state index in [0.29, 0.717) is 0 Å². The van der Waals surface area contributed by atoms with Crippen molar-refractivity contribution in [2.45, 2.75) is 57.3 Å². The fraction of sp³-hybridized carbons (Fsp3) is 0.600. The lowest BCUT2D eigenvalue weighted by atomic mass is 10.1. The van der Waals surface area contributed by atoms with Gasteiger partial charge in [-0.3, -0.25) is 14.4 Å². The molecule has 0 saturated heterocycles. The Balaban J connectivity index is 2.92. The van der Waals surface area contributed by atoms with Crippen LogP contribution in [0, 0.1) is 0 Å². The van der Waals surface area contributed by atoms with Gasteiger partial charge in [0.15, 0.2) is 11.6 Å². The van der Waals surface area contributed by atoms with Crippen LogP contribution in [-0.2, 0) is 14.4 Å². The Morgan fingerprint density at radius 3 is 2.32 bits per heavy atom. The number of carbonyl (C=O) groups excluding carboxylic acids is 4. The molecule has 1 unspecified atom stereocenters. The number of amides is 4. The molecular formula is C15H25N7O6. The molecule has 0 aliphatic rings. The number of hydrogen-bond acceptors (Lipinski definition) is 9. The average Bonchev–Trinajstić information content (AvgIpc) is 3.05. The Hall–Kier alpha value is -3.06. The Kier molecular flexibility index (Phi) is 8.47. The summed E-state index contributed by atoms with van der Waals surface area (Å²) < 4.78 is 5.06. The molecule has 0 saturated carbocycles. The minimum absolute atomic E-state index is 0.00863. The standard InChI is InChI=1S/C15H25N7O6/c1-6(23)12(7(2)24)20-15(27)19-9(3-4-10(17)25)14-21-13(22-28-14)8(16)5-11(18)26/h6,8-9,12,23H,3-5,16H2,1-2H3,(H2,17,25)(H2,18,26)(H2,19,20,27)/t6?,8-,9-,12-/m0/s1. The molecule has 13 nitrogen and oxygen atoms in total. The van der Waals surface area contributed by atoms with Gasteiger partial charge in [0.1, 0.15) is 12.1 Å². The molecule has 28 heavy (non-hydrogen) atoms. The lowest BCUT2D eigenvalue weighted by Gasteiger charge is -2.21. The molecule has 1 rings (SSSR count). The van der Waals surface area contributed by atoms with Gasteiger partial charge in [0.25, 0.3) is 0 Å². The zero-order valence-electron chi connectivity index (χ0n) is 15.5. The van der Waals surface area contributed by atoms with Gasteiger partial charge >= 0.3 is 6.03 Å². The molecule has 0 spiro atoms. The van der Waals surface area contributed by atoms with Gasteiger partial charge in [-0.15, -0.1) is 0 Å². The molecule has 4 amide bonds. The van der Waals surface area contributed by atoms with Gasteiger partial charge in [-0.05, 0) is 20.3 Å². The van der Waals surface area contributed by atoms with Gasteiger partial charge in [-0.2, -0.15) is 4.98 Å². The number of Topliss-reactive ketones (excluding diaryl/α,β-unsaturated/α-hetero) is 1. The smallest absolute Gasteiger partial charge is 0.316 e. The van der Waals surface area contributed by atoms with Crippen molar-refractivity contribution >= 4 is 23.6 Å². The first-order chi connectivity index (χ1) is 13.0. The zero-order valence-corrected chi connectivity index (χ0v) is 15.5. The third-order valence-electron chi connectivity index (χ3n) is 3.70. The average molecular weight is 399 g/mol. The van der Waals surface area contributed by atoms with E-state index in [9.17, 15) is 24.3 Å². The van der Waals surface area contributed by atoms with Crippen molar-refractivity contribution in [2.75, 3.05) is 0 Å². The van der Waals surface area contributed by atoms with Crippen LogP contribution in [0.1, 0.15) is 56.9 Å². The van der Waals surface area contributed by atoms with Crippen molar-refractivity contribution in [3.63, 3.8) is 0 Å². The molecule has 0 aliphatic heterocycles. The van der Waals surface area contributed by atoms with Crippen LogP contribution in [0.5, 0.6) is 0 Å². The highest BCUT2D eigenvalue weighted by atomic mass is 16.5. The Bertz CT molecular complexity index is 719. The van der Waals surface area contributed by atoms with Gasteiger partial charge < -0.3 is 37.5 Å². The van der Waals surface area contributed by atoms with Crippen molar-refractivity contribution in [1.82, 2.24) is 20.8 Å². The lowest BCUT2D eigenvalue weighted by molar-refractivity contribution is -0.121. The number of aliphatic hydroxyl groups excluding tert-OH is 1. The third-order valence-corrected chi connectivity index (χ3v) is 3.70. The summed E-state index contributed by atoms with van der Waals surface area (Å²) in [6, 6.07) is -3.77. The summed E-state index contributed by atoms with van der Waals surface area (Å²) >= 11 is 0. The Morgan fingerprint density at radius 1 is 1.18 bits per heavy atom. The summed E-state index contributed by atoms with van der Waals surface area (Å²) in [6.45, 7) is 2.56. The fourth-order valence-electron chi connectivity index (χ4n) is 2.29. The van der Waals surface area contributed by atoms with Crippen LogP contribution < -0.4 is 27.8 Å². The number of nitrogens with two attached hydrogens (primary N) is 3. The monoisotopic (exact) mass is 399 g/mol. The first-order valence-corrected chi connectivity index (χ1v) is 8.42. The van der Waals surface area contributed by atoms with Gasteiger partial charge in [-0.1, -0.05) is 5.16 Å². The predicted molar refractivity (Wildman–Crippen MR) is 94.0 cm³/mol. The minimum atomic E-state index is -1.13. The van der Waals surface area contributed by atoms with Crippen LogP contribution in [0.4, 0.5) is 4.79 Å². The molecule has 0 fully saturated rings. The first kappa shape index (κ1) is 23.0. The topological polar surface area (TPSA) is 230 Å². The second-order valence-electron chi connectivity index (χ2n) is 6.27. The van der Waals surface area contributed by atoms with Gasteiger partial charge in [0.05, 0.1) is 12.1 Å². The maximum atomic E-state index is 12.2. The predicted octanol–water partition coefficient (Wildman–Crippen LogP) is -2.11.